The van der Waals surface area contributed by atoms with Crippen molar-refractivity contribution in [2.45, 2.75) is 32.2 Å². The number of sulfone groups is 1. The Bertz CT molecular complexity index is 532. The van der Waals surface area contributed by atoms with Crippen LogP contribution in [0.3, 0.4) is 0 Å². The molecule has 0 radical (unpaired) electrons. The average Bonchev–Trinajstić information content (AvgIpc) is 2.40. The van der Waals surface area contributed by atoms with Crippen LogP contribution in [0.2, 0.25) is 0 Å². The Balaban J connectivity index is 2.11. The summed E-state index contributed by atoms with van der Waals surface area (Å²) in [7, 11) is -2.84. The van der Waals surface area contributed by atoms with E-state index in [-0.39, 0.29) is 17.5 Å². The number of nitrogen functional groups attached to an aromatic ring is 1. The van der Waals surface area contributed by atoms with Crippen LogP contribution in [0.1, 0.15) is 25.3 Å². The van der Waals surface area contributed by atoms with E-state index < -0.39 is 9.84 Å². The Hall–Kier alpha value is -1.41. The van der Waals surface area contributed by atoms with Crippen molar-refractivity contribution in [3.8, 4) is 0 Å². The third-order valence-corrected chi connectivity index (χ3v) is 5.05. The minimum absolute atomic E-state index is 0.134. The van der Waals surface area contributed by atoms with Gasteiger partial charge in [0, 0.05) is 11.6 Å². The van der Waals surface area contributed by atoms with Crippen molar-refractivity contribution in [2.75, 3.05) is 22.2 Å². The summed E-state index contributed by atoms with van der Waals surface area (Å²) in [4.78, 5) is 8.28. The summed E-state index contributed by atoms with van der Waals surface area (Å²) < 4.78 is 22.8. The lowest BCUT2D eigenvalue weighted by molar-refractivity contribution is 0.558. The van der Waals surface area contributed by atoms with Crippen LogP contribution in [0.4, 0.5) is 11.6 Å². The molecule has 2 rings (SSSR count). The summed E-state index contributed by atoms with van der Waals surface area (Å²) in [6.07, 6.45) is 3.41. The van der Waals surface area contributed by atoms with Gasteiger partial charge in [0.25, 0.3) is 0 Å². The van der Waals surface area contributed by atoms with Crippen molar-refractivity contribution in [3.05, 3.63) is 11.9 Å². The molecular formula is C11H19N5O2S. The first kappa shape index (κ1) is 14.0. The van der Waals surface area contributed by atoms with Crippen molar-refractivity contribution in [1.82, 2.24) is 9.97 Å². The molecule has 0 saturated carbocycles. The highest BCUT2D eigenvalue weighted by molar-refractivity contribution is 7.91. The zero-order valence-electron chi connectivity index (χ0n) is 10.9. The number of rotatable bonds is 4. The fraction of sp³-hybridized carbons (Fsp3) is 0.636. The van der Waals surface area contributed by atoms with Gasteiger partial charge >= 0.3 is 0 Å². The van der Waals surface area contributed by atoms with Crippen molar-refractivity contribution >= 4 is 21.5 Å². The number of hydrogen-bond acceptors (Lipinski definition) is 7. The van der Waals surface area contributed by atoms with Gasteiger partial charge in [-0.3, -0.25) is 0 Å². The minimum atomic E-state index is -2.84. The fourth-order valence-electron chi connectivity index (χ4n) is 2.22. The quantitative estimate of drug-likeness (QED) is 0.539. The van der Waals surface area contributed by atoms with Crippen molar-refractivity contribution in [1.29, 1.82) is 0 Å². The largest absolute Gasteiger partial charge is 0.367 e. The number of hydrogen-bond donors (Lipinski definition) is 3. The highest BCUT2D eigenvalue weighted by Gasteiger charge is 2.24. The van der Waals surface area contributed by atoms with Crippen molar-refractivity contribution in [3.63, 3.8) is 0 Å². The summed E-state index contributed by atoms with van der Waals surface area (Å²) in [5.41, 5.74) is 3.47. The van der Waals surface area contributed by atoms with E-state index in [9.17, 15) is 8.42 Å². The van der Waals surface area contributed by atoms with Gasteiger partial charge in [0.15, 0.2) is 0 Å². The second-order valence-electron chi connectivity index (χ2n) is 4.62. The molecule has 1 aliphatic rings. The Kier molecular flexibility index (Phi) is 4.20. The predicted molar refractivity (Wildman–Crippen MR) is 74.5 cm³/mol. The molecular weight excluding hydrogens is 266 g/mol. The molecule has 1 aromatic rings. The summed E-state index contributed by atoms with van der Waals surface area (Å²) in [5, 5.41) is 3.30. The van der Waals surface area contributed by atoms with Gasteiger partial charge in [-0.1, -0.05) is 6.92 Å². The summed E-state index contributed by atoms with van der Waals surface area (Å²) in [5.74, 6) is 7.22. The zero-order valence-corrected chi connectivity index (χ0v) is 11.7. The third-order valence-electron chi connectivity index (χ3n) is 3.33. The van der Waals surface area contributed by atoms with Gasteiger partial charge in [0.1, 0.15) is 27.8 Å². The van der Waals surface area contributed by atoms with Gasteiger partial charge in [-0.25, -0.2) is 24.2 Å². The molecule has 1 fully saturated rings. The van der Waals surface area contributed by atoms with E-state index in [4.69, 9.17) is 5.84 Å². The second-order valence-corrected chi connectivity index (χ2v) is 6.92. The molecule has 2 heterocycles. The number of nitrogens with two attached hydrogens (primary N) is 1. The van der Waals surface area contributed by atoms with Crippen LogP contribution in [0.25, 0.3) is 0 Å². The maximum absolute atomic E-state index is 11.4. The molecule has 0 aliphatic carbocycles. The lowest BCUT2D eigenvalue weighted by Crippen LogP contribution is -2.32. The van der Waals surface area contributed by atoms with E-state index in [2.05, 4.69) is 20.7 Å². The fourth-order valence-corrected chi connectivity index (χ4v) is 3.72. The number of hydrazine groups is 1. The Labute approximate surface area is 112 Å². The molecule has 1 saturated heterocycles. The van der Waals surface area contributed by atoms with E-state index in [0.29, 0.717) is 18.7 Å². The number of nitrogens with zero attached hydrogens (tertiary/aromatic N) is 2. The van der Waals surface area contributed by atoms with Crippen LogP contribution in [0.5, 0.6) is 0 Å². The number of aromatic nitrogens is 2. The van der Waals surface area contributed by atoms with Crippen LogP contribution < -0.4 is 16.6 Å². The monoisotopic (exact) mass is 285 g/mol. The average molecular weight is 285 g/mol. The van der Waals surface area contributed by atoms with Gasteiger partial charge < -0.3 is 10.7 Å². The van der Waals surface area contributed by atoms with Crippen LogP contribution in [-0.2, 0) is 16.3 Å². The molecule has 8 heteroatoms. The highest BCUT2D eigenvalue weighted by atomic mass is 32.2. The first-order valence-electron chi connectivity index (χ1n) is 6.33. The van der Waals surface area contributed by atoms with Crippen LogP contribution in [0, 0.1) is 0 Å². The molecule has 4 N–H and O–H groups in total. The SMILES string of the molecule is CCc1c(NN)ncnc1NC1CCS(=O)(=O)CC1. The second kappa shape index (κ2) is 5.70. The van der Waals surface area contributed by atoms with Crippen LogP contribution >= 0.6 is 0 Å². The summed E-state index contributed by atoms with van der Waals surface area (Å²) in [6.45, 7) is 2.00. The summed E-state index contributed by atoms with van der Waals surface area (Å²) in [6, 6.07) is 0.134. The van der Waals surface area contributed by atoms with Gasteiger partial charge in [0.05, 0.1) is 11.5 Å². The standard InChI is InChI=1S/C11H19N5O2S/c1-2-9-10(13-7-14-11(9)16-12)15-8-3-5-19(17,18)6-4-8/h7-8H,2-6,12H2,1H3,(H2,13,14,15,16). The Morgan fingerprint density at radius 3 is 2.53 bits per heavy atom. The lowest BCUT2D eigenvalue weighted by atomic mass is 10.1. The molecule has 0 unspecified atom stereocenters. The predicted octanol–water partition coefficient (Wildman–Crippen LogP) is 0.314. The first-order chi connectivity index (χ1) is 9.05. The van der Waals surface area contributed by atoms with E-state index in [1.54, 1.807) is 0 Å². The van der Waals surface area contributed by atoms with Gasteiger partial charge in [-0.2, -0.15) is 0 Å². The zero-order chi connectivity index (χ0) is 13.9. The Morgan fingerprint density at radius 1 is 1.32 bits per heavy atom. The van der Waals surface area contributed by atoms with Gasteiger partial charge in [-0.15, -0.1) is 0 Å². The smallest absolute Gasteiger partial charge is 0.150 e. The molecule has 0 bridgehead atoms. The van der Waals surface area contributed by atoms with E-state index in [0.717, 1.165) is 17.8 Å². The van der Waals surface area contributed by atoms with E-state index in [1.165, 1.54) is 6.33 Å². The van der Waals surface area contributed by atoms with Crippen molar-refractivity contribution < 1.29 is 8.42 Å². The van der Waals surface area contributed by atoms with Crippen LogP contribution in [0.15, 0.2) is 6.33 Å². The maximum atomic E-state index is 11.4. The molecule has 0 spiro atoms. The minimum Gasteiger partial charge on any atom is -0.367 e. The molecule has 7 nitrogen and oxygen atoms in total. The topological polar surface area (TPSA) is 110 Å². The van der Waals surface area contributed by atoms with E-state index in [1.807, 2.05) is 6.92 Å². The van der Waals surface area contributed by atoms with E-state index >= 15 is 0 Å². The van der Waals surface area contributed by atoms with Gasteiger partial charge in [0.2, 0.25) is 0 Å². The molecule has 19 heavy (non-hydrogen) atoms. The third kappa shape index (κ3) is 3.32. The van der Waals surface area contributed by atoms with Gasteiger partial charge in [-0.05, 0) is 19.3 Å². The Morgan fingerprint density at radius 2 is 1.95 bits per heavy atom. The van der Waals surface area contributed by atoms with Crippen LogP contribution in [-0.4, -0.2) is 35.9 Å². The van der Waals surface area contributed by atoms with Crippen molar-refractivity contribution in [2.24, 2.45) is 5.84 Å². The molecule has 0 amide bonds. The number of anilines is 2. The maximum Gasteiger partial charge on any atom is 0.150 e. The molecule has 0 atom stereocenters. The molecule has 1 aromatic heterocycles. The normalized spacial score (nSPS) is 19.1. The lowest BCUT2D eigenvalue weighted by Gasteiger charge is -2.24. The highest BCUT2D eigenvalue weighted by Crippen LogP contribution is 2.23. The molecule has 0 aromatic carbocycles. The number of nitrogens with one attached hydrogen (secondary N) is 2. The first-order valence-corrected chi connectivity index (χ1v) is 8.15. The molecule has 106 valence electrons. The molecule has 1 aliphatic heterocycles. The summed E-state index contributed by atoms with van der Waals surface area (Å²) >= 11 is 0.